The van der Waals surface area contributed by atoms with Crippen LogP contribution in [-0.4, -0.2) is 23.5 Å². The van der Waals surface area contributed by atoms with Crippen LogP contribution in [0.5, 0.6) is 0 Å². The lowest BCUT2D eigenvalue weighted by molar-refractivity contribution is 0.151. The Hall–Kier alpha value is -1.65. The Bertz CT molecular complexity index is 495. The molecule has 0 aliphatic rings. The molecule has 0 fully saturated rings. The van der Waals surface area contributed by atoms with Gasteiger partial charge in [0.25, 0.3) is 0 Å². The summed E-state index contributed by atoms with van der Waals surface area (Å²) >= 11 is 0. The van der Waals surface area contributed by atoms with Gasteiger partial charge in [-0.3, -0.25) is 0 Å². The van der Waals surface area contributed by atoms with Crippen LogP contribution in [0.1, 0.15) is 25.1 Å². The second-order valence-electron chi connectivity index (χ2n) is 4.91. The molecular weight excluding hydrogens is 238 g/mol. The molecule has 0 amide bonds. The zero-order valence-corrected chi connectivity index (χ0v) is 11.5. The molecule has 1 aromatic heterocycles. The van der Waals surface area contributed by atoms with Gasteiger partial charge in [-0.1, -0.05) is 25.1 Å². The summed E-state index contributed by atoms with van der Waals surface area (Å²) in [6.07, 6.45) is 2.68. The average Bonchev–Trinajstić information content (AvgIpc) is 2.89. The number of hydrogen-bond donors (Lipinski definition) is 1. The van der Waals surface area contributed by atoms with E-state index < -0.39 is 0 Å². The molecule has 4 nitrogen and oxygen atoms in total. The van der Waals surface area contributed by atoms with Crippen LogP contribution >= 0.6 is 0 Å². The smallest absolute Gasteiger partial charge is 0.0649 e. The minimum atomic E-state index is -0.0344. The molecule has 2 unspecified atom stereocenters. The van der Waals surface area contributed by atoms with Gasteiger partial charge < -0.3 is 10.5 Å². The minimum absolute atomic E-state index is 0.0344. The predicted molar refractivity (Wildman–Crippen MR) is 76.1 cm³/mol. The number of nitrogens with two attached hydrogens (primary N) is 1. The highest BCUT2D eigenvalue weighted by molar-refractivity contribution is 5.33. The van der Waals surface area contributed by atoms with Crippen molar-refractivity contribution in [3.8, 4) is 5.69 Å². The third kappa shape index (κ3) is 3.43. The first-order valence-corrected chi connectivity index (χ1v) is 6.56. The Morgan fingerprint density at radius 2 is 2.00 bits per heavy atom. The Kier molecular flexibility index (Phi) is 4.71. The number of benzene rings is 1. The van der Waals surface area contributed by atoms with E-state index in [-0.39, 0.29) is 6.04 Å². The zero-order chi connectivity index (χ0) is 13.7. The number of hydrogen-bond acceptors (Lipinski definition) is 3. The van der Waals surface area contributed by atoms with Gasteiger partial charge in [0.05, 0.1) is 11.4 Å². The molecule has 0 radical (unpaired) electrons. The van der Waals surface area contributed by atoms with Crippen LogP contribution in [0.25, 0.3) is 5.69 Å². The largest absolute Gasteiger partial charge is 0.384 e. The van der Waals surface area contributed by atoms with Gasteiger partial charge in [-0.2, -0.15) is 5.10 Å². The maximum Gasteiger partial charge on any atom is 0.0649 e. The molecule has 1 aromatic carbocycles. The number of aromatic nitrogens is 2. The van der Waals surface area contributed by atoms with Crippen LogP contribution in [0.3, 0.4) is 0 Å². The second kappa shape index (κ2) is 6.50. The fraction of sp³-hybridized carbons (Fsp3) is 0.400. The van der Waals surface area contributed by atoms with Crippen molar-refractivity contribution in [2.75, 3.05) is 13.7 Å². The standard InChI is InChI=1S/C15H21N3O/c1-12(11-19-2)10-14(16)15-8-9-17-18(15)13-6-4-3-5-7-13/h3-9,12,14H,10-11,16H2,1-2H3. The van der Waals surface area contributed by atoms with Crippen LogP contribution in [0.15, 0.2) is 42.6 Å². The van der Waals surface area contributed by atoms with Gasteiger partial charge in [-0.05, 0) is 30.5 Å². The number of methoxy groups -OCH3 is 1. The lowest BCUT2D eigenvalue weighted by Gasteiger charge is -2.18. The van der Waals surface area contributed by atoms with E-state index in [0.717, 1.165) is 24.4 Å². The van der Waals surface area contributed by atoms with E-state index >= 15 is 0 Å². The van der Waals surface area contributed by atoms with Crippen molar-refractivity contribution in [3.63, 3.8) is 0 Å². The van der Waals surface area contributed by atoms with E-state index in [4.69, 9.17) is 10.5 Å². The molecule has 0 aliphatic carbocycles. The average molecular weight is 259 g/mol. The summed E-state index contributed by atoms with van der Waals surface area (Å²) < 4.78 is 7.07. The van der Waals surface area contributed by atoms with E-state index in [2.05, 4.69) is 12.0 Å². The molecule has 0 aliphatic heterocycles. The molecule has 4 heteroatoms. The van der Waals surface area contributed by atoms with Gasteiger partial charge in [0.2, 0.25) is 0 Å². The maximum atomic E-state index is 6.29. The van der Waals surface area contributed by atoms with Crippen molar-refractivity contribution in [3.05, 3.63) is 48.3 Å². The summed E-state index contributed by atoms with van der Waals surface area (Å²) in [5.74, 6) is 0.430. The lowest BCUT2D eigenvalue weighted by Crippen LogP contribution is -2.19. The Morgan fingerprint density at radius 1 is 1.26 bits per heavy atom. The van der Waals surface area contributed by atoms with Crippen LogP contribution in [0.2, 0.25) is 0 Å². The summed E-state index contributed by atoms with van der Waals surface area (Å²) in [5.41, 5.74) is 8.37. The van der Waals surface area contributed by atoms with Crippen molar-refractivity contribution in [1.82, 2.24) is 9.78 Å². The fourth-order valence-corrected chi connectivity index (χ4v) is 2.29. The Balaban J connectivity index is 2.15. The lowest BCUT2D eigenvalue weighted by atomic mass is 10.0. The molecular formula is C15H21N3O. The van der Waals surface area contributed by atoms with Crippen LogP contribution < -0.4 is 5.73 Å². The van der Waals surface area contributed by atoms with Gasteiger partial charge in [0.15, 0.2) is 0 Å². The molecule has 0 saturated heterocycles. The molecule has 2 atom stereocenters. The molecule has 0 bridgehead atoms. The van der Waals surface area contributed by atoms with Crippen molar-refractivity contribution >= 4 is 0 Å². The number of para-hydroxylation sites is 1. The number of ether oxygens (including phenoxy) is 1. The minimum Gasteiger partial charge on any atom is -0.384 e. The van der Waals surface area contributed by atoms with E-state index in [9.17, 15) is 0 Å². The van der Waals surface area contributed by atoms with Gasteiger partial charge in [-0.15, -0.1) is 0 Å². The highest BCUT2D eigenvalue weighted by atomic mass is 16.5. The van der Waals surface area contributed by atoms with Gasteiger partial charge in [-0.25, -0.2) is 4.68 Å². The summed E-state index contributed by atoms with van der Waals surface area (Å²) in [5, 5.41) is 4.37. The third-order valence-corrected chi connectivity index (χ3v) is 3.16. The molecule has 2 N–H and O–H groups in total. The van der Waals surface area contributed by atoms with Crippen molar-refractivity contribution in [1.29, 1.82) is 0 Å². The maximum absolute atomic E-state index is 6.29. The number of rotatable bonds is 6. The van der Waals surface area contributed by atoms with E-state index in [0.29, 0.717) is 5.92 Å². The quantitative estimate of drug-likeness (QED) is 0.867. The molecule has 2 aromatic rings. The predicted octanol–water partition coefficient (Wildman–Crippen LogP) is 2.54. The van der Waals surface area contributed by atoms with E-state index in [1.807, 2.05) is 41.1 Å². The summed E-state index contributed by atoms with van der Waals surface area (Å²) in [6.45, 7) is 2.87. The fourth-order valence-electron chi connectivity index (χ4n) is 2.29. The van der Waals surface area contributed by atoms with Crippen LogP contribution in [0.4, 0.5) is 0 Å². The topological polar surface area (TPSA) is 53.1 Å². The molecule has 2 rings (SSSR count). The molecule has 102 valence electrons. The van der Waals surface area contributed by atoms with E-state index in [1.54, 1.807) is 13.3 Å². The first-order valence-electron chi connectivity index (χ1n) is 6.56. The van der Waals surface area contributed by atoms with Gasteiger partial charge >= 0.3 is 0 Å². The summed E-state index contributed by atoms with van der Waals surface area (Å²) in [4.78, 5) is 0. The SMILES string of the molecule is COCC(C)CC(N)c1ccnn1-c1ccccc1. The second-order valence-corrected chi connectivity index (χ2v) is 4.91. The highest BCUT2D eigenvalue weighted by Gasteiger charge is 2.16. The van der Waals surface area contributed by atoms with Crippen molar-refractivity contribution in [2.24, 2.45) is 11.7 Å². The first-order chi connectivity index (χ1) is 9.22. The summed E-state index contributed by atoms with van der Waals surface area (Å²) in [6, 6.07) is 12.0. The molecule has 19 heavy (non-hydrogen) atoms. The van der Waals surface area contributed by atoms with Crippen molar-refractivity contribution < 1.29 is 4.74 Å². The Morgan fingerprint density at radius 3 is 2.68 bits per heavy atom. The Labute approximate surface area is 114 Å². The van der Waals surface area contributed by atoms with Gasteiger partial charge in [0.1, 0.15) is 0 Å². The van der Waals surface area contributed by atoms with Crippen molar-refractivity contribution in [2.45, 2.75) is 19.4 Å². The monoisotopic (exact) mass is 259 g/mol. The first kappa shape index (κ1) is 13.8. The molecule has 0 spiro atoms. The van der Waals surface area contributed by atoms with E-state index in [1.165, 1.54) is 0 Å². The normalized spacial score (nSPS) is 14.3. The molecule has 1 heterocycles. The zero-order valence-electron chi connectivity index (χ0n) is 11.5. The highest BCUT2D eigenvalue weighted by Crippen LogP contribution is 2.21. The molecule has 0 saturated carbocycles. The van der Waals surface area contributed by atoms with Crippen LogP contribution in [0, 0.1) is 5.92 Å². The van der Waals surface area contributed by atoms with Gasteiger partial charge in [0, 0.05) is 26.0 Å². The summed E-state index contributed by atoms with van der Waals surface area (Å²) in [7, 11) is 1.72. The third-order valence-electron chi connectivity index (χ3n) is 3.16. The number of nitrogens with zero attached hydrogens (tertiary/aromatic N) is 2. The van der Waals surface area contributed by atoms with Crippen LogP contribution in [-0.2, 0) is 4.74 Å².